The van der Waals surface area contributed by atoms with E-state index in [0.717, 1.165) is 12.1 Å². The monoisotopic (exact) mass is 252 g/mol. The highest BCUT2D eigenvalue weighted by Crippen LogP contribution is 2.24. The Hall–Kier alpha value is -1.24. The van der Waals surface area contributed by atoms with Crippen LogP contribution in [0.4, 0.5) is 5.69 Å². The fourth-order valence-electron chi connectivity index (χ4n) is 1.49. The molecule has 0 saturated heterocycles. The first-order valence-electron chi connectivity index (χ1n) is 5.53. The maximum absolute atomic E-state index is 8.99. The highest BCUT2D eigenvalue weighted by atomic mass is 35.5. The number of benzene rings is 1. The van der Waals surface area contributed by atoms with Gasteiger partial charge in [-0.15, -0.1) is 0 Å². The fourth-order valence-corrected chi connectivity index (χ4v) is 1.66. The van der Waals surface area contributed by atoms with E-state index in [4.69, 9.17) is 22.0 Å². The standard InChI is InChI=1S/C13H17ClN2O/c1-13(2,5-6-17)9-16-12-4-3-11(14)7-10(12)8-15/h3-4,7,16-17H,5-6,9H2,1-2H3. The molecular weight excluding hydrogens is 236 g/mol. The molecule has 0 heterocycles. The molecule has 0 unspecified atom stereocenters. The molecule has 0 atom stereocenters. The minimum atomic E-state index is -0.0128. The Morgan fingerprint density at radius 1 is 1.47 bits per heavy atom. The van der Waals surface area contributed by atoms with Gasteiger partial charge in [-0.05, 0) is 30.0 Å². The number of nitrogens with one attached hydrogen (secondary N) is 1. The number of aliphatic hydroxyl groups is 1. The van der Waals surface area contributed by atoms with Crippen molar-refractivity contribution in [3.8, 4) is 6.07 Å². The predicted molar refractivity (Wildman–Crippen MR) is 70.1 cm³/mol. The lowest BCUT2D eigenvalue weighted by molar-refractivity contribution is 0.220. The van der Waals surface area contributed by atoms with Gasteiger partial charge in [0, 0.05) is 18.2 Å². The van der Waals surface area contributed by atoms with Gasteiger partial charge in [-0.25, -0.2) is 0 Å². The van der Waals surface area contributed by atoms with Crippen molar-refractivity contribution in [1.82, 2.24) is 0 Å². The molecule has 0 aliphatic heterocycles. The van der Waals surface area contributed by atoms with Crippen LogP contribution < -0.4 is 5.32 Å². The Labute approximate surface area is 107 Å². The molecule has 0 spiro atoms. The highest BCUT2D eigenvalue weighted by molar-refractivity contribution is 6.30. The molecule has 0 fully saturated rings. The van der Waals surface area contributed by atoms with Gasteiger partial charge in [-0.2, -0.15) is 5.26 Å². The van der Waals surface area contributed by atoms with Gasteiger partial charge in [0.1, 0.15) is 6.07 Å². The van der Waals surface area contributed by atoms with E-state index in [1.54, 1.807) is 18.2 Å². The average molecular weight is 253 g/mol. The van der Waals surface area contributed by atoms with E-state index in [-0.39, 0.29) is 12.0 Å². The molecule has 17 heavy (non-hydrogen) atoms. The van der Waals surface area contributed by atoms with Gasteiger partial charge in [-0.3, -0.25) is 0 Å². The second kappa shape index (κ2) is 5.90. The molecule has 0 aromatic heterocycles. The number of halogens is 1. The van der Waals surface area contributed by atoms with E-state index < -0.39 is 0 Å². The number of hydrogen-bond acceptors (Lipinski definition) is 3. The summed E-state index contributed by atoms with van der Waals surface area (Å²) in [6.07, 6.45) is 0.718. The van der Waals surface area contributed by atoms with Crippen molar-refractivity contribution in [2.45, 2.75) is 20.3 Å². The number of nitrogens with zero attached hydrogens (tertiary/aromatic N) is 1. The van der Waals surface area contributed by atoms with Crippen LogP contribution in [-0.2, 0) is 0 Å². The van der Waals surface area contributed by atoms with Gasteiger partial charge >= 0.3 is 0 Å². The SMILES string of the molecule is CC(C)(CCO)CNc1ccc(Cl)cc1C#N. The minimum absolute atomic E-state index is 0.0128. The quantitative estimate of drug-likeness (QED) is 0.847. The Morgan fingerprint density at radius 2 is 2.18 bits per heavy atom. The Bertz CT molecular complexity index is 424. The molecule has 4 heteroatoms. The third-order valence-electron chi connectivity index (χ3n) is 2.65. The van der Waals surface area contributed by atoms with Gasteiger partial charge in [0.15, 0.2) is 0 Å². The molecule has 3 nitrogen and oxygen atoms in total. The van der Waals surface area contributed by atoms with Crippen LogP contribution in [0.1, 0.15) is 25.8 Å². The molecule has 0 radical (unpaired) electrons. The molecule has 92 valence electrons. The summed E-state index contributed by atoms with van der Waals surface area (Å²) >= 11 is 5.82. The van der Waals surface area contributed by atoms with Crippen LogP contribution in [0.3, 0.4) is 0 Å². The number of hydrogen-bond donors (Lipinski definition) is 2. The second-order valence-electron chi connectivity index (χ2n) is 4.79. The van der Waals surface area contributed by atoms with Gasteiger partial charge in [0.25, 0.3) is 0 Å². The topological polar surface area (TPSA) is 56.0 Å². The van der Waals surface area contributed by atoms with Crippen LogP contribution in [0.2, 0.25) is 5.02 Å². The van der Waals surface area contributed by atoms with Crippen molar-refractivity contribution < 1.29 is 5.11 Å². The Morgan fingerprint density at radius 3 is 2.76 bits per heavy atom. The lowest BCUT2D eigenvalue weighted by atomic mass is 9.89. The molecule has 0 bridgehead atoms. The van der Waals surface area contributed by atoms with Crippen LogP contribution in [-0.4, -0.2) is 18.3 Å². The summed E-state index contributed by atoms with van der Waals surface area (Å²) in [4.78, 5) is 0. The molecule has 0 saturated carbocycles. The number of aliphatic hydroxyl groups excluding tert-OH is 1. The second-order valence-corrected chi connectivity index (χ2v) is 5.23. The number of anilines is 1. The Kier molecular flexibility index (Phi) is 4.80. The van der Waals surface area contributed by atoms with Crippen molar-refractivity contribution in [3.05, 3.63) is 28.8 Å². The summed E-state index contributed by atoms with van der Waals surface area (Å²) in [6, 6.07) is 7.31. The van der Waals surface area contributed by atoms with Crippen LogP contribution in [0.15, 0.2) is 18.2 Å². The molecule has 1 aromatic carbocycles. The fraction of sp³-hybridized carbons (Fsp3) is 0.462. The smallest absolute Gasteiger partial charge is 0.101 e. The Balaban J connectivity index is 2.73. The third-order valence-corrected chi connectivity index (χ3v) is 2.88. The van der Waals surface area contributed by atoms with Crippen molar-refractivity contribution in [3.63, 3.8) is 0 Å². The van der Waals surface area contributed by atoms with Crippen molar-refractivity contribution in [2.24, 2.45) is 5.41 Å². The van der Waals surface area contributed by atoms with Crippen LogP contribution >= 0.6 is 11.6 Å². The van der Waals surface area contributed by atoms with Crippen LogP contribution in [0.25, 0.3) is 0 Å². The van der Waals surface area contributed by atoms with Gasteiger partial charge in [-0.1, -0.05) is 25.4 Å². The van der Waals surface area contributed by atoms with E-state index in [1.807, 2.05) is 0 Å². The third kappa shape index (κ3) is 4.26. The van der Waals surface area contributed by atoms with Crippen molar-refractivity contribution >= 4 is 17.3 Å². The first-order chi connectivity index (χ1) is 7.98. The normalized spacial score (nSPS) is 11.0. The van der Waals surface area contributed by atoms with E-state index in [2.05, 4.69) is 25.2 Å². The molecule has 2 N–H and O–H groups in total. The molecular formula is C13H17ClN2O. The number of rotatable bonds is 5. The molecule has 0 aliphatic rings. The van der Waals surface area contributed by atoms with Crippen molar-refractivity contribution in [2.75, 3.05) is 18.5 Å². The molecule has 1 rings (SSSR count). The zero-order valence-electron chi connectivity index (χ0n) is 10.1. The summed E-state index contributed by atoms with van der Waals surface area (Å²) < 4.78 is 0. The summed E-state index contributed by atoms with van der Waals surface area (Å²) in [7, 11) is 0. The average Bonchev–Trinajstić information content (AvgIpc) is 2.27. The zero-order valence-corrected chi connectivity index (χ0v) is 10.9. The van der Waals surface area contributed by atoms with Crippen LogP contribution in [0, 0.1) is 16.7 Å². The summed E-state index contributed by atoms with van der Waals surface area (Å²) in [5.41, 5.74) is 1.31. The lowest BCUT2D eigenvalue weighted by Crippen LogP contribution is -2.24. The maximum atomic E-state index is 8.99. The van der Waals surface area contributed by atoms with E-state index >= 15 is 0 Å². The van der Waals surface area contributed by atoms with Crippen molar-refractivity contribution in [1.29, 1.82) is 5.26 Å². The first kappa shape index (κ1) is 13.8. The highest BCUT2D eigenvalue weighted by Gasteiger charge is 2.17. The minimum Gasteiger partial charge on any atom is -0.396 e. The molecule has 1 aromatic rings. The predicted octanol–water partition coefficient (Wildman–Crippen LogP) is 3.03. The molecule has 0 aliphatic carbocycles. The maximum Gasteiger partial charge on any atom is 0.101 e. The van der Waals surface area contributed by atoms with Gasteiger partial charge < -0.3 is 10.4 Å². The summed E-state index contributed by atoms with van der Waals surface area (Å²) in [5.74, 6) is 0. The van der Waals surface area contributed by atoms with E-state index in [9.17, 15) is 0 Å². The van der Waals surface area contributed by atoms with Crippen LogP contribution in [0.5, 0.6) is 0 Å². The summed E-state index contributed by atoms with van der Waals surface area (Å²) in [6.45, 7) is 5.00. The van der Waals surface area contributed by atoms with E-state index in [1.165, 1.54) is 0 Å². The van der Waals surface area contributed by atoms with E-state index in [0.29, 0.717) is 17.1 Å². The lowest BCUT2D eigenvalue weighted by Gasteiger charge is -2.24. The molecule has 0 amide bonds. The number of nitriles is 1. The zero-order chi connectivity index (χ0) is 12.9. The van der Waals surface area contributed by atoms with Gasteiger partial charge in [0.2, 0.25) is 0 Å². The summed E-state index contributed by atoms with van der Waals surface area (Å²) in [5, 5.41) is 21.7. The largest absolute Gasteiger partial charge is 0.396 e. The first-order valence-corrected chi connectivity index (χ1v) is 5.91. The van der Waals surface area contributed by atoms with Gasteiger partial charge in [0.05, 0.1) is 11.3 Å².